The molecule has 0 spiro atoms. The molecule has 0 radical (unpaired) electrons. The Morgan fingerprint density at radius 3 is 2.78 bits per heavy atom. The first-order chi connectivity index (χ1) is 13.1. The monoisotopic (exact) mass is 359 g/mol. The Hall–Kier alpha value is -3.53. The number of Topliss-reactive ketones (excluding diaryl/α,β-unsaturated/α-hetero) is 2. The van der Waals surface area contributed by atoms with Crippen molar-refractivity contribution >= 4 is 33.7 Å². The lowest BCUT2D eigenvalue weighted by Gasteiger charge is -2.02. The highest BCUT2D eigenvalue weighted by Gasteiger charge is 2.35. The zero-order valence-electron chi connectivity index (χ0n) is 14.8. The third-order valence-corrected chi connectivity index (χ3v) is 4.69. The van der Waals surface area contributed by atoms with Crippen LogP contribution < -0.4 is 0 Å². The van der Waals surface area contributed by atoms with E-state index in [1.54, 1.807) is 30.2 Å². The fourth-order valence-electron chi connectivity index (χ4n) is 3.53. The second-order valence-electron chi connectivity index (χ2n) is 6.52. The average Bonchev–Trinajstić information content (AvgIpc) is 3.31. The van der Waals surface area contributed by atoms with Crippen molar-refractivity contribution in [3.63, 3.8) is 0 Å². The van der Waals surface area contributed by atoms with Crippen molar-refractivity contribution in [1.29, 1.82) is 5.26 Å². The van der Waals surface area contributed by atoms with Gasteiger partial charge in [-0.15, -0.1) is 0 Å². The zero-order valence-corrected chi connectivity index (χ0v) is 14.8. The van der Waals surface area contributed by atoms with Gasteiger partial charge >= 0.3 is 0 Å². The van der Waals surface area contributed by atoms with Gasteiger partial charge in [-0.25, -0.2) is 4.98 Å². The number of nitrogens with zero attached hydrogens (tertiary/aromatic N) is 5. The highest BCUT2D eigenvalue weighted by Crippen LogP contribution is 2.38. The average molecular weight is 359 g/mol. The normalized spacial score (nSPS) is 14.4. The smallest absolute Gasteiger partial charge is 0.173 e. The molecule has 7 heteroatoms. The van der Waals surface area contributed by atoms with E-state index in [1.807, 2.05) is 22.9 Å². The van der Waals surface area contributed by atoms with Crippen LogP contribution in [0.5, 0.6) is 0 Å². The molecule has 3 aromatic rings. The molecule has 1 aliphatic rings. The van der Waals surface area contributed by atoms with Crippen molar-refractivity contribution < 1.29 is 9.59 Å². The molecule has 3 heterocycles. The van der Waals surface area contributed by atoms with Gasteiger partial charge in [0.25, 0.3) is 0 Å². The van der Waals surface area contributed by atoms with Gasteiger partial charge in [-0.2, -0.15) is 10.4 Å². The number of pyridine rings is 1. The number of fused-ring (bicyclic) bond motifs is 1. The number of aromatic nitrogens is 4. The molecule has 27 heavy (non-hydrogen) atoms. The van der Waals surface area contributed by atoms with Gasteiger partial charge in [0.1, 0.15) is 5.65 Å². The van der Waals surface area contributed by atoms with E-state index in [1.165, 1.54) is 0 Å². The van der Waals surface area contributed by atoms with E-state index in [2.05, 4.69) is 16.2 Å². The molecule has 0 amide bonds. The van der Waals surface area contributed by atoms with Gasteiger partial charge in [0.2, 0.25) is 0 Å². The minimum absolute atomic E-state index is 0.136. The van der Waals surface area contributed by atoms with E-state index in [0.717, 1.165) is 11.0 Å². The summed E-state index contributed by atoms with van der Waals surface area (Å²) in [5.74, 6) is -0.399. The van der Waals surface area contributed by atoms with Gasteiger partial charge < -0.3 is 4.57 Å². The Morgan fingerprint density at radius 1 is 1.22 bits per heavy atom. The van der Waals surface area contributed by atoms with Crippen LogP contribution >= 0.6 is 0 Å². The first-order valence-electron chi connectivity index (χ1n) is 8.72. The Morgan fingerprint density at radius 2 is 2.04 bits per heavy atom. The summed E-state index contributed by atoms with van der Waals surface area (Å²) in [7, 11) is 1.77. The van der Waals surface area contributed by atoms with Gasteiger partial charge in [0.15, 0.2) is 11.6 Å². The van der Waals surface area contributed by atoms with Crippen LogP contribution in [0.1, 0.15) is 30.5 Å². The number of carbonyl (C=O) groups is 2. The summed E-state index contributed by atoms with van der Waals surface area (Å²) in [5, 5.41) is 13.9. The molecule has 0 bridgehead atoms. The van der Waals surface area contributed by atoms with Gasteiger partial charge in [0.05, 0.1) is 23.8 Å². The molecule has 0 unspecified atom stereocenters. The van der Waals surface area contributed by atoms with Crippen LogP contribution in [-0.2, 0) is 23.2 Å². The summed E-state index contributed by atoms with van der Waals surface area (Å²) < 4.78 is 3.56. The Labute approximate surface area is 155 Å². The predicted molar refractivity (Wildman–Crippen MR) is 99.2 cm³/mol. The SMILES string of the molecule is Cn1ccc(C2=C(c3cn(CCCC#N)c4ncccc34)C(=O)CC2=O)n1. The van der Waals surface area contributed by atoms with Crippen molar-refractivity contribution in [1.82, 2.24) is 19.3 Å². The van der Waals surface area contributed by atoms with Crippen LogP contribution in [0.4, 0.5) is 0 Å². The topological polar surface area (TPSA) is 93.6 Å². The van der Waals surface area contributed by atoms with E-state index in [-0.39, 0.29) is 18.0 Å². The maximum Gasteiger partial charge on any atom is 0.173 e. The largest absolute Gasteiger partial charge is 0.332 e. The van der Waals surface area contributed by atoms with Gasteiger partial charge in [0, 0.05) is 55.1 Å². The third-order valence-electron chi connectivity index (χ3n) is 4.69. The fourth-order valence-corrected chi connectivity index (χ4v) is 3.53. The molecule has 0 aliphatic heterocycles. The van der Waals surface area contributed by atoms with Crippen molar-refractivity contribution in [2.45, 2.75) is 25.8 Å². The number of aryl methyl sites for hydroxylation is 2. The van der Waals surface area contributed by atoms with E-state index < -0.39 is 0 Å². The Kier molecular flexibility index (Phi) is 4.16. The molecule has 0 atom stereocenters. The predicted octanol–water partition coefficient (Wildman–Crippen LogP) is 2.53. The summed E-state index contributed by atoms with van der Waals surface area (Å²) in [6, 6.07) is 7.60. The molecule has 0 saturated heterocycles. The van der Waals surface area contributed by atoms with Gasteiger partial charge in [-0.3, -0.25) is 14.3 Å². The van der Waals surface area contributed by atoms with Crippen LogP contribution in [-0.4, -0.2) is 30.9 Å². The minimum atomic E-state index is -0.206. The quantitative estimate of drug-likeness (QED) is 0.515. The zero-order chi connectivity index (χ0) is 19.0. The molecule has 3 aromatic heterocycles. The third kappa shape index (κ3) is 2.85. The van der Waals surface area contributed by atoms with E-state index in [9.17, 15) is 9.59 Å². The van der Waals surface area contributed by atoms with Crippen LogP contribution in [0.3, 0.4) is 0 Å². The summed E-state index contributed by atoms with van der Waals surface area (Å²) in [6.45, 7) is 0.620. The van der Waals surface area contributed by atoms with Gasteiger partial charge in [-0.1, -0.05) is 0 Å². The van der Waals surface area contributed by atoms with Crippen LogP contribution in [0, 0.1) is 11.3 Å². The minimum Gasteiger partial charge on any atom is -0.332 e. The van der Waals surface area contributed by atoms with E-state index in [0.29, 0.717) is 41.8 Å². The summed E-state index contributed by atoms with van der Waals surface area (Å²) in [6.07, 6.45) is 6.31. The Balaban J connectivity index is 1.92. The molecule has 0 saturated carbocycles. The highest BCUT2D eigenvalue weighted by molar-refractivity contribution is 6.51. The molecular weight excluding hydrogens is 342 g/mol. The summed E-state index contributed by atoms with van der Waals surface area (Å²) >= 11 is 0. The number of hydrogen-bond acceptors (Lipinski definition) is 5. The van der Waals surface area contributed by atoms with E-state index >= 15 is 0 Å². The molecule has 7 nitrogen and oxygen atoms in total. The molecule has 134 valence electrons. The van der Waals surface area contributed by atoms with Crippen molar-refractivity contribution in [3.05, 3.63) is 48.0 Å². The first-order valence-corrected chi connectivity index (χ1v) is 8.72. The summed E-state index contributed by atoms with van der Waals surface area (Å²) in [5.41, 5.74) is 2.74. The lowest BCUT2D eigenvalue weighted by Crippen LogP contribution is -1.98. The van der Waals surface area contributed by atoms with Crippen molar-refractivity contribution in [3.8, 4) is 6.07 Å². The highest BCUT2D eigenvalue weighted by atomic mass is 16.2. The molecule has 0 aromatic carbocycles. The maximum atomic E-state index is 12.7. The van der Waals surface area contributed by atoms with E-state index in [4.69, 9.17) is 5.26 Å². The molecular formula is C20H17N5O2. The molecule has 0 N–H and O–H groups in total. The van der Waals surface area contributed by atoms with Crippen molar-refractivity contribution in [2.75, 3.05) is 0 Å². The molecule has 4 rings (SSSR count). The van der Waals surface area contributed by atoms with Crippen LogP contribution in [0.15, 0.2) is 36.8 Å². The van der Waals surface area contributed by atoms with Gasteiger partial charge in [-0.05, 0) is 24.6 Å². The van der Waals surface area contributed by atoms with Crippen LogP contribution in [0.25, 0.3) is 22.2 Å². The second kappa shape index (κ2) is 6.65. The number of hydrogen-bond donors (Lipinski definition) is 0. The summed E-state index contributed by atoms with van der Waals surface area (Å²) in [4.78, 5) is 29.7. The number of ketones is 2. The Bertz CT molecular complexity index is 1140. The number of carbonyl (C=O) groups excluding carboxylic acids is 2. The number of nitriles is 1. The lowest BCUT2D eigenvalue weighted by atomic mass is 10.00. The number of allylic oxidation sites excluding steroid dienone is 2. The maximum absolute atomic E-state index is 12.7. The number of rotatable bonds is 5. The molecule has 1 aliphatic carbocycles. The van der Waals surface area contributed by atoms with Crippen molar-refractivity contribution in [2.24, 2.45) is 7.05 Å². The first kappa shape index (κ1) is 16.9. The second-order valence-corrected chi connectivity index (χ2v) is 6.52. The standard InChI is InChI=1S/C20H17N5O2/c1-24-10-6-15(23-24)19-17(27)11-16(26)18(19)14-12-25(9-3-2-7-21)20-13(14)5-4-8-22-20/h4-6,8,10,12H,2-3,9,11H2,1H3. The fraction of sp³-hybridized carbons (Fsp3) is 0.250. The lowest BCUT2D eigenvalue weighted by molar-refractivity contribution is -0.119. The van der Waals surface area contributed by atoms with Crippen LogP contribution in [0.2, 0.25) is 0 Å². The number of unbranched alkanes of at least 4 members (excludes halogenated alkanes) is 1. The molecule has 0 fully saturated rings.